The number of oxazole rings is 1. The van der Waals surface area contributed by atoms with Gasteiger partial charge >= 0.3 is 0 Å². The highest BCUT2D eigenvalue weighted by atomic mass is 35.5. The first kappa shape index (κ1) is 16.5. The first-order valence-electron chi connectivity index (χ1n) is 7.18. The summed E-state index contributed by atoms with van der Waals surface area (Å²) in [4.78, 5) is 4.34. The van der Waals surface area contributed by atoms with Crippen molar-refractivity contribution in [2.45, 2.75) is 16.8 Å². The molecule has 0 atom stereocenters. The summed E-state index contributed by atoms with van der Waals surface area (Å²) >= 11 is 5.83. The van der Waals surface area contributed by atoms with Crippen LogP contribution in [0.5, 0.6) is 0 Å². The molecule has 2 aromatic carbocycles. The van der Waals surface area contributed by atoms with E-state index in [0.29, 0.717) is 5.02 Å². The fraction of sp³-hybridized carbons (Fsp3) is 0.118. The average molecular weight is 363 g/mol. The van der Waals surface area contributed by atoms with Crippen molar-refractivity contribution in [1.82, 2.24) is 4.98 Å². The van der Waals surface area contributed by atoms with Crippen LogP contribution in [0.1, 0.15) is 5.56 Å². The summed E-state index contributed by atoms with van der Waals surface area (Å²) in [6, 6.07) is 13.4. The van der Waals surface area contributed by atoms with Crippen LogP contribution in [0.2, 0.25) is 5.02 Å². The Morgan fingerprint density at radius 1 is 1.08 bits per heavy atom. The Labute approximate surface area is 145 Å². The smallest absolute Gasteiger partial charge is 0.233 e. The maximum atomic E-state index is 12.8. The predicted molar refractivity (Wildman–Crippen MR) is 93.1 cm³/mol. The summed E-state index contributed by atoms with van der Waals surface area (Å²) in [6.45, 7) is 1.91. The number of aromatic nitrogens is 1. The zero-order chi connectivity index (χ0) is 17.3. The Bertz CT molecular complexity index is 979. The Kier molecular flexibility index (Phi) is 4.34. The lowest BCUT2D eigenvalue weighted by atomic mass is 10.1. The van der Waals surface area contributed by atoms with Crippen molar-refractivity contribution >= 4 is 27.3 Å². The molecule has 0 saturated carbocycles. The third kappa shape index (κ3) is 2.90. The third-order valence-corrected chi connectivity index (χ3v) is 5.51. The molecule has 24 heavy (non-hydrogen) atoms. The molecule has 0 bridgehead atoms. The van der Waals surface area contributed by atoms with Gasteiger partial charge in [0.15, 0.2) is 0 Å². The third-order valence-electron chi connectivity index (χ3n) is 3.58. The summed E-state index contributed by atoms with van der Waals surface area (Å²) < 4.78 is 31.3. The largest absolute Gasteiger partial charge is 0.419 e. The summed E-state index contributed by atoms with van der Waals surface area (Å²) in [5.41, 5.74) is 1.68. The van der Waals surface area contributed by atoms with E-state index in [1.54, 1.807) is 7.05 Å². The Balaban J connectivity index is 2.15. The maximum Gasteiger partial charge on any atom is 0.233 e. The van der Waals surface area contributed by atoms with Gasteiger partial charge in [0.2, 0.25) is 26.6 Å². The summed E-state index contributed by atoms with van der Waals surface area (Å²) in [7, 11) is -2.24. The second-order valence-electron chi connectivity index (χ2n) is 5.18. The molecular weight excluding hydrogens is 348 g/mol. The monoisotopic (exact) mass is 362 g/mol. The number of aryl methyl sites for hydroxylation is 1. The molecular formula is C17H15ClN2O3S. The van der Waals surface area contributed by atoms with Crippen molar-refractivity contribution in [3.63, 3.8) is 0 Å². The van der Waals surface area contributed by atoms with E-state index < -0.39 is 9.84 Å². The first-order valence-corrected chi connectivity index (χ1v) is 9.05. The van der Waals surface area contributed by atoms with Crippen molar-refractivity contribution in [3.8, 4) is 11.5 Å². The van der Waals surface area contributed by atoms with Crippen LogP contribution in [0.15, 0.2) is 62.9 Å². The number of rotatable bonds is 4. The topological polar surface area (TPSA) is 72.2 Å². The molecule has 0 aliphatic rings. The Hall–Kier alpha value is -2.31. The average Bonchev–Trinajstić information content (AvgIpc) is 3.00. The van der Waals surface area contributed by atoms with Crippen LogP contribution in [0.25, 0.3) is 11.5 Å². The minimum atomic E-state index is -3.82. The number of sulfone groups is 1. The highest BCUT2D eigenvalue weighted by molar-refractivity contribution is 7.91. The van der Waals surface area contributed by atoms with E-state index in [4.69, 9.17) is 16.0 Å². The SMILES string of the molecule is CNc1oc(-c2ccccc2C)nc1S(=O)(=O)c1ccc(Cl)cc1. The lowest BCUT2D eigenvalue weighted by Gasteiger charge is -2.02. The summed E-state index contributed by atoms with van der Waals surface area (Å²) in [6.07, 6.45) is 0. The minimum absolute atomic E-state index is 0.100. The van der Waals surface area contributed by atoms with E-state index in [2.05, 4.69) is 10.3 Å². The van der Waals surface area contributed by atoms with Crippen LogP contribution >= 0.6 is 11.6 Å². The van der Waals surface area contributed by atoms with Gasteiger partial charge < -0.3 is 9.73 Å². The van der Waals surface area contributed by atoms with E-state index in [1.807, 2.05) is 31.2 Å². The molecule has 0 saturated heterocycles. The number of hydrogen-bond donors (Lipinski definition) is 1. The van der Waals surface area contributed by atoms with Gasteiger partial charge in [0.1, 0.15) is 0 Å². The molecule has 0 unspecified atom stereocenters. The van der Waals surface area contributed by atoms with Crippen molar-refractivity contribution in [3.05, 3.63) is 59.1 Å². The second kappa shape index (κ2) is 6.30. The Morgan fingerprint density at radius 2 is 1.75 bits per heavy atom. The zero-order valence-electron chi connectivity index (χ0n) is 13.1. The van der Waals surface area contributed by atoms with E-state index in [9.17, 15) is 8.42 Å². The van der Waals surface area contributed by atoms with Crippen LogP contribution < -0.4 is 5.32 Å². The van der Waals surface area contributed by atoms with Gasteiger partial charge in [0.25, 0.3) is 0 Å². The molecule has 3 aromatic rings. The maximum absolute atomic E-state index is 12.8. The molecule has 1 aromatic heterocycles. The van der Waals surface area contributed by atoms with Crippen molar-refractivity contribution in [1.29, 1.82) is 0 Å². The summed E-state index contributed by atoms with van der Waals surface area (Å²) in [5.74, 6) is 0.355. The lowest BCUT2D eigenvalue weighted by molar-refractivity contribution is 0.580. The molecule has 124 valence electrons. The molecule has 1 heterocycles. The normalized spacial score (nSPS) is 11.5. The van der Waals surface area contributed by atoms with Crippen LogP contribution in [-0.2, 0) is 9.84 Å². The number of nitrogens with one attached hydrogen (secondary N) is 1. The van der Waals surface area contributed by atoms with E-state index in [0.717, 1.165) is 11.1 Å². The van der Waals surface area contributed by atoms with Gasteiger partial charge in [-0.2, -0.15) is 4.98 Å². The van der Waals surface area contributed by atoms with Gasteiger partial charge in [-0.15, -0.1) is 0 Å². The van der Waals surface area contributed by atoms with E-state index in [1.165, 1.54) is 24.3 Å². The molecule has 0 radical (unpaired) electrons. The molecule has 0 aliphatic heterocycles. The highest BCUT2D eigenvalue weighted by Gasteiger charge is 2.28. The molecule has 3 rings (SSSR count). The van der Waals surface area contributed by atoms with E-state index >= 15 is 0 Å². The first-order chi connectivity index (χ1) is 11.4. The number of hydrogen-bond acceptors (Lipinski definition) is 5. The van der Waals surface area contributed by atoms with Gasteiger partial charge in [-0.25, -0.2) is 8.42 Å². The van der Waals surface area contributed by atoms with Gasteiger partial charge in [0.05, 0.1) is 4.90 Å². The minimum Gasteiger partial charge on any atom is -0.419 e. The highest BCUT2D eigenvalue weighted by Crippen LogP contribution is 2.33. The lowest BCUT2D eigenvalue weighted by Crippen LogP contribution is -2.05. The second-order valence-corrected chi connectivity index (χ2v) is 7.48. The van der Waals surface area contributed by atoms with E-state index in [-0.39, 0.29) is 21.7 Å². The van der Waals surface area contributed by atoms with Crippen molar-refractivity contribution in [2.24, 2.45) is 0 Å². The van der Waals surface area contributed by atoms with Gasteiger partial charge in [-0.05, 0) is 42.8 Å². The van der Waals surface area contributed by atoms with Gasteiger partial charge in [-0.3, -0.25) is 0 Å². The number of benzene rings is 2. The Morgan fingerprint density at radius 3 is 2.38 bits per heavy atom. The van der Waals surface area contributed by atoms with Crippen LogP contribution in [0.3, 0.4) is 0 Å². The fourth-order valence-electron chi connectivity index (χ4n) is 2.30. The quantitative estimate of drug-likeness (QED) is 0.753. The number of nitrogens with zero attached hydrogens (tertiary/aromatic N) is 1. The van der Waals surface area contributed by atoms with Gasteiger partial charge in [-0.1, -0.05) is 29.8 Å². The molecule has 0 amide bonds. The fourth-order valence-corrected chi connectivity index (χ4v) is 3.73. The predicted octanol–water partition coefficient (Wildman–Crippen LogP) is 4.18. The van der Waals surface area contributed by atoms with Crippen molar-refractivity contribution < 1.29 is 12.8 Å². The zero-order valence-corrected chi connectivity index (χ0v) is 14.6. The molecule has 1 N–H and O–H groups in total. The van der Waals surface area contributed by atoms with Crippen LogP contribution in [0, 0.1) is 6.92 Å². The molecule has 7 heteroatoms. The van der Waals surface area contributed by atoms with Crippen LogP contribution in [0.4, 0.5) is 5.88 Å². The number of halogens is 1. The molecule has 5 nitrogen and oxygen atoms in total. The molecule has 0 spiro atoms. The standard InChI is InChI=1S/C17H15ClN2O3S/c1-11-5-3-4-6-14(11)15-20-17(16(19-2)23-15)24(21,22)13-9-7-12(18)8-10-13/h3-10,19H,1-2H3. The number of anilines is 1. The molecule has 0 aliphatic carbocycles. The summed E-state index contributed by atoms with van der Waals surface area (Å²) in [5, 5.41) is 3.07. The molecule has 0 fully saturated rings. The van der Waals surface area contributed by atoms with Crippen LogP contribution in [-0.4, -0.2) is 20.4 Å². The van der Waals surface area contributed by atoms with Gasteiger partial charge in [0, 0.05) is 17.6 Å². The van der Waals surface area contributed by atoms with Crippen molar-refractivity contribution in [2.75, 3.05) is 12.4 Å².